The number of anilines is 2. The van der Waals surface area contributed by atoms with Crippen molar-refractivity contribution in [3.63, 3.8) is 0 Å². The number of rotatable bonds is 2. The second-order valence-corrected chi connectivity index (χ2v) is 5.58. The molecule has 0 radical (unpaired) electrons. The number of nitrogens with zero attached hydrogens (tertiary/aromatic N) is 1. The van der Waals surface area contributed by atoms with Gasteiger partial charge < -0.3 is 10.6 Å². The molecule has 1 heterocycles. The number of thiocarbonyl (C=S) groups is 1. The SMILES string of the molecule is NC(=S)c1ccc(Cl)cc1N1CCc2ccc(F)cc21. The van der Waals surface area contributed by atoms with E-state index in [0.29, 0.717) is 10.0 Å². The lowest BCUT2D eigenvalue weighted by Gasteiger charge is -2.22. The Kier molecular flexibility index (Phi) is 3.36. The van der Waals surface area contributed by atoms with Crippen molar-refractivity contribution in [3.8, 4) is 0 Å². The number of hydrogen-bond donors (Lipinski definition) is 1. The molecule has 0 unspecified atom stereocenters. The Morgan fingerprint density at radius 1 is 1.20 bits per heavy atom. The molecule has 3 rings (SSSR count). The van der Waals surface area contributed by atoms with E-state index in [2.05, 4.69) is 0 Å². The molecule has 0 saturated carbocycles. The third-order valence-corrected chi connectivity index (χ3v) is 3.91. The van der Waals surface area contributed by atoms with Gasteiger partial charge in [0.05, 0.1) is 5.69 Å². The first-order valence-electron chi connectivity index (χ1n) is 6.21. The van der Waals surface area contributed by atoms with Crippen molar-refractivity contribution in [1.29, 1.82) is 0 Å². The van der Waals surface area contributed by atoms with Crippen molar-refractivity contribution in [1.82, 2.24) is 0 Å². The summed E-state index contributed by atoms with van der Waals surface area (Å²) in [5, 5.41) is 0.602. The van der Waals surface area contributed by atoms with E-state index in [0.717, 1.165) is 35.5 Å². The highest BCUT2D eigenvalue weighted by Crippen LogP contribution is 2.37. The molecule has 0 fully saturated rings. The Balaban J connectivity index is 2.14. The zero-order valence-electron chi connectivity index (χ0n) is 10.6. The topological polar surface area (TPSA) is 29.3 Å². The summed E-state index contributed by atoms with van der Waals surface area (Å²) in [5.41, 5.74) is 9.31. The van der Waals surface area contributed by atoms with Gasteiger partial charge in [-0.25, -0.2) is 4.39 Å². The van der Waals surface area contributed by atoms with Crippen LogP contribution in [-0.4, -0.2) is 11.5 Å². The molecule has 0 aliphatic carbocycles. The number of halogens is 2. The zero-order valence-corrected chi connectivity index (χ0v) is 12.1. The minimum absolute atomic E-state index is 0.255. The number of nitrogens with two attached hydrogens (primary N) is 1. The van der Waals surface area contributed by atoms with Crippen molar-refractivity contribution < 1.29 is 4.39 Å². The van der Waals surface area contributed by atoms with Crippen molar-refractivity contribution >= 4 is 40.2 Å². The second kappa shape index (κ2) is 5.04. The molecule has 5 heteroatoms. The highest BCUT2D eigenvalue weighted by Gasteiger charge is 2.23. The maximum absolute atomic E-state index is 13.5. The van der Waals surface area contributed by atoms with E-state index in [1.807, 2.05) is 17.0 Å². The van der Waals surface area contributed by atoms with Crippen LogP contribution in [0.3, 0.4) is 0 Å². The van der Waals surface area contributed by atoms with Crippen molar-refractivity contribution in [2.24, 2.45) is 5.73 Å². The molecule has 0 spiro atoms. The first-order valence-corrected chi connectivity index (χ1v) is 7.00. The second-order valence-electron chi connectivity index (χ2n) is 4.70. The highest BCUT2D eigenvalue weighted by molar-refractivity contribution is 7.80. The van der Waals surface area contributed by atoms with Crippen LogP contribution in [0.15, 0.2) is 36.4 Å². The molecule has 1 aliphatic rings. The Morgan fingerprint density at radius 3 is 2.75 bits per heavy atom. The lowest BCUT2D eigenvalue weighted by molar-refractivity contribution is 0.628. The van der Waals surface area contributed by atoms with Crippen LogP contribution >= 0.6 is 23.8 Å². The third-order valence-electron chi connectivity index (χ3n) is 3.46. The van der Waals surface area contributed by atoms with E-state index in [9.17, 15) is 4.39 Å². The molecule has 2 aromatic rings. The summed E-state index contributed by atoms with van der Waals surface area (Å²) in [7, 11) is 0. The van der Waals surface area contributed by atoms with Crippen LogP contribution in [0, 0.1) is 5.82 Å². The van der Waals surface area contributed by atoms with E-state index in [1.54, 1.807) is 12.1 Å². The molecule has 20 heavy (non-hydrogen) atoms. The van der Waals surface area contributed by atoms with Crippen LogP contribution in [0.25, 0.3) is 0 Å². The van der Waals surface area contributed by atoms with Gasteiger partial charge in [0.15, 0.2) is 0 Å². The standard InChI is InChI=1S/C15H12ClFN2S/c16-10-2-4-12(15(18)20)14(7-10)19-6-5-9-1-3-11(17)8-13(9)19/h1-4,7-8H,5-6H2,(H2,18,20). The largest absolute Gasteiger partial charge is 0.389 e. The number of hydrogen-bond acceptors (Lipinski definition) is 2. The van der Waals surface area contributed by atoms with Gasteiger partial charge in [0, 0.05) is 22.8 Å². The molecule has 1 aliphatic heterocycles. The van der Waals surface area contributed by atoms with Gasteiger partial charge in [0.1, 0.15) is 10.8 Å². The molecule has 0 atom stereocenters. The lowest BCUT2D eigenvalue weighted by Crippen LogP contribution is -2.19. The van der Waals surface area contributed by atoms with Gasteiger partial charge in [-0.3, -0.25) is 0 Å². The molecule has 0 aromatic heterocycles. The van der Waals surface area contributed by atoms with Crippen molar-refractivity contribution in [2.45, 2.75) is 6.42 Å². The van der Waals surface area contributed by atoms with Crippen LogP contribution in [0.4, 0.5) is 15.8 Å². The van der Waals surface area contributed by atoms with Gasteiger partial charge in [0.2, 0.25) is 0 Å². The molecule has 0 saturated heterocycles. The van der Waals surface area contributed by atoms with Crippen molar-refractivity contribution in [3.05, 3.63) is 58.4 Å². The normalized spacial score (nSPS) is 13.4. The van der Waals surface area contributed by atoms with Crippen LogP contribution < -0.4 is 10.6 Å². The lowest BCUT2D eigenvalue weighted by atomic mass is 10.1. The maximum Gasteiger partial charge on any atom is 0.125 e. The quantitative estimate of drug-likeness (QED) is 0.856. The van der Waals surface area contributed by atoms with Crippen LogP contribution in [-0.2, 0) is 6.42 Å². The first kappa shape index (κ1) is 13.3. The summed E-state index contributed by atoms with van der Waals surface area (Å²) in [4.78, 5) is 2.32. The Hall–Kier alpha value is -1.65. The zero-order chi connectivity index (χ0) is 14.3. The van der Waals surface area contributed by atoms with Gasteiger partial charge in [0.25, 0.3) is 0 Å². The summed E-state index contributed by atoms with van der Waals surface area (Å²) >= 11 is 11.2. The van der Waals surface area contributed by atoms with E-state index in [4.69, 9.17) is 29.6 Å². The Bertz CT molecular complexity index is 702. The Labute approximate surface area is 127 Å². The van der Waals surface area contributed by atoms with Gasteiger partial charge in [-0.05, 0) is 42.3 Å². The van der Waals surface area contributed by atoms with Gasteiger partial charge in [-0.1, -0.05) is 29.9 Å². The molecule has 0 amide bonds. The summed E-state index contributed by atoms with van der Waals surface area (Å²) in [6.45, 7) is 0.759. The Morgan fingerprint density at radius 2 is 2.00 bits per heavy atom. The molecule has 2 nitrogen and oxygen atoms in total. The maximum atomic E-state index is 13.5. The average Bonchev–Trinajstić information content (AvgIpc) is 2.81. The molecule has 0 bridgehead atoms. The number of benzene rings is 2. The van der Waals surface area contributed by atoms with Gasteiger partial charge >= 0.3 is 0 Å². The number of fused-ring (bicyclic) bond motifs is 1. The van der Waals surface area contributed by atoms with E-state index in [-0.39, 0.29) is 5.82 Å². The minimum atomic E-state index is -0.255. The fourth-order valence-electron chi connectivity index (χ4n) is 2.54. The van der Waals surface area contributed by atoms with Crippen molar-refractivity contribution in [2.75, 3.05) is 11.4 Å². The van der Waals surface area contributed by atoms with Crippen LogP contribution in [0.2, 0.25) is 5.02 Å². The summed E-state index contributed by atoms with van der Waals surface area (Å²) in [6, 6.07) is 10.2. The predicted molar refractivity (Wildman–Crippen MR) is 84.4 cm³/mol. The van der Waals surface area contributed by atoms with E-state index in [1.165, 1.54) is 12.1 Å². The van der Waals surface area contributed by atoms with E-state index < -0.39 is 0 Å². The highest BCUT2D eigenvalue weighted by atomic mass is 35.5. The smallest absolute Gasteiger partial charge is 0.125 e. The van der Waals surface area contributed by atoms with Crippen LogP contribution in [0.5, 0.6) is 0 Å². The first-order chi connectivity index (χ1) is 9.56. The third kappa shape index (κ3) is 2.25. The van der Waals surface area contributed by atoms with Gasteiger partial charge in [-0.15, -0.1) is 0 Å². The molecular weight excluding hydrogens is 295 g/mol. The molecule has 102 valence electrons. The van der Waals surface area contributed by atoms with E-state index >= 15 is 0 Å². The summed E-state index contributed by atoms with van der Waals surface area (Å²) < 4.78 is 13.5. The van der Waals surface area contributed by atoms with Crippen LogP contribution in [0.1, 0.15) is 11.1 Å². The molecular formula is C15H12ClFN2S. The fraction of sp³-hybridized carbons (Fsp3) is 0.133. The minimum Gasteiger partial charge on any atom is -0.389 e. The molecule has 2 N–H and O–H groups in total. The fourth-order valence-corrected chi connectivity index (χ4v) is 2.88. The monoisotopic (exact) mass is 306 g/mol. The summed E-state index contributed by atoms with van der Waals surface area (Å²) in [6.07, 6.45) is 0.860. The summed E-state index contributed by atoms with van der Waals surface area (Å²) in [5.74, 6) is -0.255. The average molecular weight is 307 g/mol. The predicted octanol–water partition coefficient (Wildman–Crippen LogP) is 3.81. The van der Waals surface area contributed by atoms with Gasteiger partial charge in [-0.2, -0.15) is 0 Å². The molecule has 2 aromatic carbocycles.